The minimum absolute atomic E-state index is 0. The monoisotopic (exact) mass is 322 g/mol. The van der Waals surface area contributed by atoms with Crippen LogP contribution in [0.1, 0.15) is 16.0 Å². The summed E-state index contributed by atoms with van der Waals surface area (Å²) in [6, 6.07) is 11.6. The lowest BCUT2D eigenvalue weighted by Crippen LogP contribution is -2.46. The van der Waals surface area contributed by atoms with Crippen molar-refractivity contribution in [3.63, 3.8) is 0 Å². The lowest BCUT2D eigenvalue weighted by atomic mass is 10.0. The van der Waals surface area contributed by atoms with Gasteiger partial charge in [0.25, 0.3) is 0 Å². The van der Waals surface area contributed by atoms with E-state index >= 15 is 0 Å². The van der Waals surface area contributed by atoms with Crippen molar-refractivity contribution in [3.05, 3.63) is 57.8 Å². The van der Waals surface area contributed by atoms with Crippen LogP contribution < -0.4 is 5.73 Å². The fourth-order valence-electron chi connectivity index (χ4n) is 2.63. The molecule has 2 N–H and O–H groups in total. The molecule has 0 saturated carbocycles. The van der Waals surface area contributed by atoms with Crippen LogP contribution >= 0.6 is 23.7 Å². The maximum Gasteiger partial charge on any atom is 0.240 e. The van der Waals surface area contributed by atoms with Gasteiger partial charge < -0.3 is 10.6 Å². The highest BCUT2D eigenvalue weighted by Gasteiger charge is 2.25. The van der Waals surface area contributed by atoms with Crippen molar-refractivity contribution in [2.75, 3.05) is 6.54 Å². The zero-order chi connectivity index (χ0) is 13.9. The summed E-state index contributed by atoms with van der Waals surface area (Å²) in [5.74, 6) is 0.0608. The zero-order valence-electron chi connectivity index (χ0n) is 11.7. The van der Waals surface area contributed by atoms with E-state index in [1.165, 1.54) is 10.4 Å². The molecule has 0 bridgehead atoms. The summed E-state index contributed by atoms with van der Waals surface area (Å²) >= 11 is 1.78. The normalized spacial score (nSPS) is 15.0. The molecule has 0 saturated heterocycles. The van der Waals surface area contributed by atoms with Crippen molar-refractivity contribution >= 4 is 29.7 Å². The molecule has 2 aromatic rings. The van der Waals surface area contributed by atoms with Crippen molar-refractivity contribution < 1.29 is 4.79 Å². The highest BCUT2D eigenvalue weighted by Crippen LogP contribution is 2.24. The SMILES string of the molecule is Cl.N[C@@H](Cc1ccccc1)C(=O)N1CCc2sccc2C1. The summed E-state index contributed by atoms with van der Waals surface area (Å²) in [4.78, 5) is 15.7. The van der Waals surface area contributed by atoms with Gasteiger partial charge >= 0.3 is 0 Å². The molecule has 1 amide bonds. The van der Waals surface area contributed by atoms with Crippen LogP contribution in [0.5, 0.6) is 0 Å². The van der Waals surface area contributed by atoms with Crippen LogP contribution in [0.15, 0.2) is 41.8 Å². The van der Waals surface area contributed by atoms with Crippen molar-refractivity contribution in [1.29, 1.82) is 0 Å². The van der Waals surface area contributed by atoms with E-state index < -0.39 is 6.04 Å². The van der Waals surface area contributed by atoms with Crippen LogP contribution in [-0.2, 0) is 24.2 Å². The highest BCUT2D eigenvalue weighted by atomic mass is 35.5. The number of fused-ring (bicyclic) bond motifs is 1. The van der Waals surface area contributed by atoms with Crippen LogP contribution in [0.25, 0.3) is 0 Å². The number of amides is 1. The Bertz CT molecular complexity index is 599. The van der Waals surface area contributed by atoms with Crippen LogP contribution in [0.4, 0.5) is 0 Å². The summed E-state index contributed by atoms with van der Waals surface area (Å²) in [5, 5.41) is 2.10. The summed E-state index contributed by atoms with van der Waals surface area (Å²) < 4.78 is 0. The Kier molecular flexibility index (Phi) is 5.39. The van der Waals surface area contributed by atoms with Crippen LogP contribution in [-0.4, -0.2) is 23.4 Å². The first-order chi connectivity index (χ1) is 9.74. The molecular weight excluding hydrogens is 304 g/mol. The van der Waals surface area contributed by atoms with Crippen molar-refractivity contribution in [3.8, 4) is 0 Å². The molecule has 1 aliphatic rings. The lowest BCUT2D eigenvalue weighted by molar-refractivity contribution is -0.133. The Morgan fingerprint density at radius 2 is 2.05 bits per heavy atom. The van der Waals surface area contributed by atoms with Gasteiger partial charge in [0.1, 0.15) is 0 Å². The van der Waals surface area contributed by atoms with Gasteiger partial charge in [-0.2, -0.15) is 0 Å². The predicted octanol–water partition coefficient (Wildman–Crippen LogP) is 2.62. The number of nitrogens with zero attached hydrogens (tertiary/aromatic N) is 1. The molecule has 0 radical (unpaired) electrons. The zero-order valence-corrected chi connectivity index (χ0v) is 13.3. The average molecular weight is 323 g/mol. The molecule has 3 nitrogen and oxygen atoms in total. The Labute approximate surface area is 135 Å². The van der Waals surface area contributed by atoms with E-state index in [0.717, 1.165) is 18.5 Å². The van der Waals surface area contributed by atoms with Crippen LogP contribution in [0, 0.1) is 0 Å². The minimum atomic E-state index is -0.447. The van der Waals surface area contributed by atoms with Gasteiger partial charge in [-0.05, 0) is 35.4 Å². The van der Waals surface area contributed by atoms with E-state index in [2.05, 4.69) is 11.4 Å². The second-order valence-electron chi connectivity index (χ2n) is 5.18. The number of hydrogen-bond acceptors (Lipinski definition) is 3. The number of carbonyl (C=O) groups is 1. The van der Waals surface area contributed by atoms with E-state index in [-0.39, 0.29) is 18.3 Å². The Morgan fingerprint density at radius 3 is 2.81 bits per heavy atom. The van der Waals surface area contributed by atoms with Gasteiger partial charge in [0.05, 0.1) is 6.04 Å². The number of hydrogen-bond donors (Lipinski definition) is 1. The van der Waals surface area contributed by atoms with Crippen LogP contribution in [0.2, 0.25) is 0 Å². The van der Waals surface area contributed by atoms with Gasteiger partial charge in [0, 0.05) is 18.0 Å². The maximum atomic E-state index is 12.4. The summed E-state index contributed by atoms with van der Waals surface area (Å²) in [6.45, 7) is 1.50. The minimum Gasteiger partial charge on any atom is -0.337 e. The van der Waals surface area contributed by atoms with Gasteiger partial charge in [0.2, 0.25) is 5.91 Å². The number of benzene rings is 1. The summed E-state index contributed by atoms with van der Waals surface area (Å²) in [7, 11) is 0. The van der Waals surface area contributed by atoms with Gasteiger partial charge in [-0.1, -0.05) is 30.3 Å². The van der Waals surface area contributed by atoms with E-state index in [9.17, 15) is 4.79 Å². The third kappa shape index (κ3) is 3.64. The Morgan fingerprint density at radius 1 is 1.29 bits per heavy atom. The molecule has 1 atom stereocenters. The van der Waals surface area contributed by atoms with Crippen molar-refractivity contribution in [1.82, 2.24) is 4.90 Å². The molecule has 21 heavy (non-hydrogen) atoms. The molecular formula is C16H19ClN2OS. The number of carbonyl (C=O) groups excluding carboxylic acids is 1. The van der Waals surface area contributed by atoms with Crippen molar-refractivity contribution in [2.24, 2.45) is 5.73 Å². The molecule has 1 aliphatic heterocycles. The van der Waals surface area contributed by atoms with E-state index in [1.54, 1.807) is 11.3 Å². The molecule has 0 spiro atoms. The lowest BCUT2D eigenvalue weighted by Gasteiger charge is -2.29. The molecule has 112 valence electrons. The number of halogens is 1. The molecule has 0 aliphatic carbocycles. The molecule has 1 aromatic carbocycles. The largest absolute Gasteiger partial charge is 0.337 e. The van der Waals surface area contributed by atoms with Gasteiger partial charge in [0.15, 0.2) is 0 Å². The maximum absolute atomic E-state index is 12.4. The third-order valence-corrected chi connectivity index (χ3v) is 4.76. The van der Waals surface area contributed by atoms with Crippen molar-refractivity contribution in [2.45, 2.75) is 25.4 Å². The summed E-state index contributed by atoms with van der Waals surface area (Å²) in [5.41, 5.74) is 8.48. The average Bonchev–Trinajstić information content (AvgIpc) is 2.94. The Hall–Kier alpha value is -1.36. The quantitative estimate of drug-likeness (QED) is 0.944. The number of thiophene rings is 1. The first kappa shape index (κ1) is 16.0. The number of rotatable bonds is 3. The fraction of sp³-hybridized carbons (Fsp3) is 0.312. The highest BCUT2D eigenvalue weighted by molar-refractivity contribution is 7.10. The molecule has 0 fully saturated rings. The molecule has 2 heterocycles. The second-order valence-corrected chi connectivity index (χ2v) is 6.18. The van der Waals surface area contributed by atoms with Crippen LogP contribution in [0.3, 0.4) is 0 Å². The molecule has 1 aromatic heterocycles. The van der Waals surface area contributed by atoms with Gasteiger partial charge in [-0.3, -0.25) is 4.79 Å². The topological polar surface area (TPSA) is 46.3 Å². The first-order valence-electron chi connectivity index (χ1n) is 6.87. The molecule has 3 rings (SSSR count). The van der Waals surface area contributed by atoms with Gasteiger partial charge in [-0.15, -0.1) is 23.7 Å². The molecule has 5 heteroatoms. The standard InChI is InChI=1S/C16H18N2OS.ClH/c17-14(10-12-4-2-1-3-5-12)16(19)18-8-6-15-13(11-18)7-9-20-15;/h1-5,7,9,14H,6,8,10-11,17H2;1H/t14-;/m0./s1. The van der Waals surface area contributed by atoms with E-state index in [4.69, 9.17) is 5.73 Å². The Balaban J connectivity index is 0.00000161. The molecule has 0 unspecified atom stereocenters. The smallest absolute Gasteiger partial charge is 0.240 e. The van der Waals surface area contributed by atoms with E-state index in [1.807, 2.05) is 35.2 Å². The second kappa shape index (κ2) is 7.07. The first-order valence-corrected chi connectivity index (χ1v) is 7.75. The fourth-order valence-corrected chi connectivity index (χ4v) is 3.52. The van der Waals surface area contributed by atoms with E-state index in [0.29, 0.717) is 13.0 Å². The third-order valence-electron chi connectivity index (χ3n) is 3.73. The predicted molar refractivity (Wildman–Crippen MR) is 88.8 cm³/mol. The van der Waals surface area contributed by atoms with Gasteiger partial charge in [-0.25, -0.2) is 0 Å². The number of nitrogens with two attached hydrogens (primary N) is 1. The summed E-state index contributed by atoms with van der Waals surface area (Å²) in [6.07, 6.45) is 1.56.